The van der Waals surface area contributed by atoms with E-state index in [0.717, 1.165) is 19.2 Å². The van der Waals surface area contributed by atoms with E-state index in [4.69, 9.17) is 4.74 Å². The molecule has 1 saturated heterocycles. The summed E-state index contributed by atoms with van der Waals surface area (Å²) in [6.45, 7) is 4.74. The van der Waals surface area contributed by atoms with Gasteiger partial charge in [-0.25, -0.2) is 0 Å². The van der Waals surface area contributed by atoms with Gasteiger partial charge in [0.1, 0.15) is 0 Å². The molecule has 2 nitrogen and oxygen atoms in total. The fourth-order valence-electron chi connectivity index (χ4n) is 2.15. The summed E-state index contributed by atoms with van der Waals surface area (Å²) in [5, 5.41) is 0. The average Bonchev–Trinajstić information content (AvgIpc) is 2.38. The van der Waals surface area contributed by atoms with Crippen LogP contribution in [0.4, 0.5) is 13.2 Å². The number of ether oxygens (including phenoxy) is 1. The highest BCUT2D eigenvalue weighted by molar-refractivity contribution is 5.27. The number of hydrogen-bond donors (Lipinski definition) is 0. The largest absolute Gasteiger partial charge is 0.416 e. The molecule has 0 N–H and O–H groups in total. The van der Waals surface area contributed by atoms with Crippen LogP contribution in [0.1, 0.15) is 24.1 Å². The summed E-state index contributed by atoms with van der Waals surface area (Å²) < 4.78 is 43.2. The first-order valence-electron chi connectivity index (χ1n) is 5.97. The van der Waals surface area contributed by atoms with Crippen LogP contribution in [0.15, 0.2) is 24.3 Å². The fourth-order valence-corrected chi connectivity index (χ4v) is 2.15. The lowest BCUT2D eigenvalue weighted by atomic mass is 10.0. The van der Waals surface area contributed by atoms with Crippen LogP contribution in [0.5, 0.6) is 0 Å². The molecule has 1 heterocycles. The minimum atomic E-state index is -4.28. The van der Waals surface area contributed by atoms with Crippen molar-refractivity contribution in [2.75, 3.05) is 26.3 Å². The van der Waals surface area contributed by atoms with Crippen LogP contribution in [0, 0.1) is 0 Å². The van der Waals surface area contributed by atoms with Gasteiger partial charge in [-0.05, 0) is 24.6 Å². The minimum Gasteiger partial charge on any atom is -0.379 e. The molecule has 2 rings (SSSR count). The van der Waals surface area contributed by atoms with E-state index >= 15 is 0 Å². The molecule has 1 aliphatic rings. The van der Waals surface area contributed by atoms with E-state index < -0.39 is 11.7 Å². The monoisotopic (exact) mass is 259 g/mol. The van der Waals surface area contributed by atoms with Gasteiger partial charge < -0.3 is 4.74 Å². The zero-order valence-corrected chi connectivity index (χ0v) is 10.2. The molecule has 18 heavy (non-hydrogen) atoms. The predicted octanol–water partition coefficient (Wildman–Crippen LogP) is 3.10. The third kappa shape index (κ3) is 3.03. The maximum absolute atomic E-state index is 12.6. The number of hydrogen-bond acceptors (Lipinski definition) is 2. The molecule has 0 amide bonds. The quantitative estimate of drug-likeness (QED) is 0.809. The Morgan fingerprint density at radius 3 is 2.50 bits per heavy atom. The highest BCUT2D eigenvalue weighted by atomic mass is 19.4. The van der Waals surface area contributed by atoms with Crippen LogP contribution < -0.4 is 0 Å². The summed E-state index contributed by atoms with van der Waals surface area (Å²) >= 11 is 0. The zero-order chi connectivity index (χ0) is 13.2. The van der Waals surface area contributed by atoms with Crippen molar-refractivity contribution in [2.24, 2.45) is 0 Å². The topological polar surface area (TPSA) is 12.5 Å². The normalized spacial score (nSPS) is 19.8. The van der Waals surface area contributed by atoms with Crippen LogP contribution in [0.2, 0.25) is 0 Å². The molecular weight excluding hydrogens is 243 g/mol. The van der Waals surface area contributed by atoms with Gasteiger partial charge in [-0.3, -0.25) is 4.90 Å². The molecule has 1 aromatic rings. The van der Waals surface area contributed by atoms with Crippen LogP contribution >= 0.6 is 0 Å². The number of morpholine rings is 1. The molecule has 1 atom stereocenters. The summed E-state index contributed by atoms with van der Waals surface area (Å²) in [4.78, 5) is 2.14. The van der Waals surface area contributed by atoms with Gasteiger partial charge in [-0.15, -0.1) is 0 Å². The maximum atomic E-state index is 12.6. The van der Waals surface area contributed by atoms with E-state index in [1.165, 1.54) is 12.1 Å². The molecule has 1 unspecified atom stereocenters. The van der Waals surface area contributed by atoms with E-state index in [-0.39, 0.29) is 6.04 Å². The van der Waals surface area contributed by atoms with Crippen LogP contribution in [-0.2, 0) is 10.9 Å². The van der Waals surface area contributed by atoms with Gasteiger partial charge in [0.05, 0.1) is 18.8 Å². The van der Waals surface area contributed by atoms with Gasteiger partial charge in [0.2, 0.25) is 0 Å². The van der Waals surface area contributed by atoms with Crippen molar-refractivity contribution in [1.82, 2.24) is 4.90 Å². The number of halogens is 3. The second-order valence-corrected chi connectivity index (χ2v) is 4.45. The highest BCUT2D eigenvalue weighted by Crippen LogP contribution is 2.31. The molecular formula is C13H16F3NO. The zero-order valence-electron chi connectivity index (χ0n) is 10.2. The van der Waals surface area contributed by atoms with Crippen LogP contribution in [0.25, 0.3) is 0 Å². The maximum Gasteiger partial charge on any atom is 0.416 e. The van der Waals surface area contributed by atoms with E-state index in [9.17, 15) is 13.2 Å². The highest BCUT2D eigenvalue weighted by Gasteiger charge is 2.31. The lowest BCUT2D eigenvalue weighted by Crippen LogP contribution is -2.38. The van der Waals surface area contributed by atoms with Gasteiger partial charge in [0.15, 0.2) is 0 Å². The summed E-state index contributed by atoms with van der Waals surface area (Å²) in [5.41, 5.74) is 0.117. The van der Waals surface area contributed by atoms with Crippen LogP contribution in [-0.4, -0.2) is 31.2 Å². The molecule has 1 fully saturated rings. The Bertz CT molecular complexity index is 399. The molecule has 0 radical (unpaired) electrons. The Balaban J connectivity index is 2.17. The lowest BCUT2D eigenvalue weighted by Gasteiger charge is -2.32. The first-order chi connectivity index (χ1) is 8.48. The van der Waals surface area contributed by atoms with Crippen molar-refractivity contribution in [1.29, 1.82) is 0 Å². The smallest absolute Gasteiger partial charge is 0.379 e. The molecule has 100 valence electrons. The number of nitrogens with zero attached hydrogens (tertiary/aromatic N) is 1. The van der Waals surface area contributed by atoms with Gasteiger partial charge in [0.25, 0.3) is 0 Å². The van der Waals surface area contributed by atoms with E-state index in [1.54, 1.807) is 6.07 Å². The second-order valence-electron chi connectivity index (χ2n) is 4.45. The molecule has 1 aliphatic heterocycles. The minimum absolute atomic E-state index is 0.0174. The van der Waals surface area contributed by atoms with Crippen molar-refractivity contribution >= 4 is 0 Å². The predicted molar refractivity (Wildman–Crippen MR) is 62.3 cm³/mol. The number of benzene rings is 1. The van der Waals surface area contributed by atoms with E-state index in [2.05, 4.69) is 4.90 Å². The SMILES string of the molecule is CC(c1cccc(C(F)(F)F)c1)N1CCOCC1. The average molecular weight is 259 g/mol. The molecule has 0 saturated carbocycles. The van der Waals surface area contributed by atoms with Gasteiger partial charge in [-0.1, -0.05) is 12.1 Å². The molecule has 0 bridgehead atoms. The summed E-state index contributed by atoms with van der Waals surface area (Å²) in [6, 6.07) is 5.54. The fraction of sp³-hybridized carbons (Fsp3) is 0.538. The van der Waals surface area contributed by atoms with Crippen molar-refractivity contribution in [3.05, 3.63) is 35.4 Å². The lowest BCUT2D eigenvalue weighted by molar-refractivity contribution is -0.137. The standard InChI is InChI=1S/C13H16F3NO/c1-10(17-5-7-18-8-6-17)11-3-2-4-12(9-11)13(14,15)16/h2-4,9-10H,5-8H2,1H3. The molecule has 1 aromatic carbocycles. The van der Waals surface area contributed by atoms with Gasteiger partial charge in [0, 0.05) is 19.1 Å². The molecule has 0 spiro atoms. The Labute approximate surface area is 104 Å². The Hall–Kier alpha value is -1.07. The Morgan fingerprint density at radius 2 is 1.89 bits per heavy atom. The van der Waals surface area contributed by atoms with Crippen molar-refractivity contribution in [3.8, 4) is 0 Å². The van der Waals surface area contributed by atoms with Gasteiger partial charge in [-0.2, -0.15) is 13.2 Å². The molecule has 0 aromatic heterocycles. The Morgan fingerprint density at radius 1 is 1.22 bits per heavy atom. The summed E-state index contributed by atoms with van der Waals surface area (Å²) in [6.07, 6.45) is -4.28. The number of alkyl halides is 3. The van der Waals surface area contributed by atoms with Gasteiger partial charge >= 0.3 is 6.18 Å². The van der Waals surface area contributed by atoms with Crippen LogP contribution in [0.3, 0.4) is 0 Å². The summed E-state index contributed by atoms with van der Waals surface area (Å²) in [7, 11) is 0. The third-order valence-electron chi connectivity index (χ3n) is 3.29. The second kappa shape index (κ2) is 5.28. The number of rotatable bonds is 2. The van der Waals surface area contributed by atoms with Crippen molar-refractivity contribution in [3.63, 3.8) is 0 Å². The molecule has 5 heteroatoms. The van der Waals surface area contributed by atoms with Crippen molar-refractivity contribution < 1.29 is 17.9 Å². The third-order valence-corrected chi connectivity index (χ3v) is 3.29. The first-order valence-corrected chi connectivity index (χ1v) is 5.97. The summed E-state index contributed by atoms with van der Waals surface area (Å²) in [5.74, 6) is 0. The molecule has 0 aliphatic carbocycles. The van der Waals surface area contributed by atoms with E-state index in [0.29, 0.717) is 18.8 Å². The van der Waals surface area contributed by atoms with E-state index in [1.807, 2.05) is 6.92 Å². The Kier molecular flexibility index (Phi) is 3.92. The first kappa shape index (κ1) is 13.4. The van der Waals surface area contributed by atoms with Crippen molar-refractivity contribution in [2.45, 2.75) is 19.1 Å².